The lowest BCUT2D eigenvalue weighted by Crippen LogP contribution is -1.67. The number of allylic oxidation sites excluding steroid dienone is 2. The van der Waals surface area contributed by atoms with Gasteiger partial charge in [-0.3, -0.25) is 0 Å². The van der Waals surface area contributed by atoms with Crippen LogP contribution in [0.1, 0.15) is 5.56 Å². The van der Waals surface area contributed by atoms with Gasteiger partial charge >= 0.3 is 0 Å². The van der Waals surface area contributed by atoms with Gasteiger partial charge in [0.1, 0.15) is 0 Å². The number of rotatable bonds is 2. The van der Waals surface area contributed by atoms with Crippen molar-refractivity contribution in [3.8, 4) is 0 Å². The number of hydrogen-bond donors (Lipinski definition) is 0. The first-order chi connectivity index (χ1) is 5.29. The Morgan fingerprint density at radius 2 is 1.91 bits per heavy atom. The average molecular weight is 209 g/mol. The highest BCUT2D eigenvalue weighted by Gasteiger charge is 1.81. The van der Waals surface area contributed by atoms with Gasteiger partial charge in [0.05, 0.1) is 0 Å². The molecule has 0 saturated heterocycles. The molecular formula is C10H9Br. The summed E-state index contributed by atoms with van der Waals surface area (Å²) in [5, 5.41) is 0. The molecule has 0 aliphatic carbocycles. The molecule has 11 heavy (non-hydrogen) atoms. The summed E-state index contributed by atoms with van der Waals surface area (Å²) in [5.74, 6) is 0. The van der Waals surface area contributed by atoms with Crippen molar-refractivity contribution in [2.45, 2.75) is 0 Å². The largest absolute Gasteiger partial charge is 0.0847 e. The molecule has 0 nitrogen and oxygen atoms in total. The molecule has 0 fully saturated rings. The van der Waals surface area contributed by atoms with Gasteiger partial charge in [0.25, 0.3) is 0 Å². The van der Waals surface area contributed by atoms with Crippen LogP contribution in [0.2, 0.25) is 0 Å². The SMILES string of the molecule is C=C(Br)/C=C/c1ccccc1. The summed E-state index contributed by atoms with van der Waals surface area (Å²) in [6.07, 6.45) is 3.94. The third kappa shape index (κ3) is 3.19. The van der Waals surface area contributed by atoms with Crippen molar-refractivity contribution >= 4 is 22.0 Å². The van der Waals surface area contributed by atoms with Crippen molar-refractivity contribution in [1.82, 2.24) is 0 Å². The third-order valence-electron chi connectivity index (χ3n) is 1.26. The van der Waals surface area contributed by atoms with Crippen LogP contribution < -0.4 is 0 Å². The highest BCUT2D eigenvalue weighted by atomic mass is 79.9. The van der Waals surface area contributed by atoms with Gasteiger partial charge in [0.15, 0.2) is 0 Å². The summed E-state index contributed by atoms with van der Waals surface area (Å²) in [6.45, 7) is 3.70. The van der Waals surface area contributed by atoms with Crippen molar-refractivity contribution < 1.29 is 0 Å². The monoisotopic (exact) mass is 208 g/mol. The molecule has 1 heteroatoms. The Kier molecular flexibility index (Phi) is 3.12. The standard InChI is InChI=1S/C10H9Br/c1-9(11)7-8-10-5-3-2-4-6-10/h2-8H,1H2/b8-7+. The molecule has 0 atom stereocenters. The van der Waals surface area contributed by atoms with Gasteiger partial charge < -0.3 is 0 Å². The first-order valence-corrected chi connectivity index (χ1v) is 4.16. The molecule has 0 amide bonds. The second kappa shape index (κ2) is 4.14. The van der Waals surface area contributed by atoms with Crippen LogP contribution >= 0.6 is 15.9 Å². The molecule has 1 aromatic rings. The predicted octanol–water partition coefficient (Wildman–Crippen LogP) is 3.61. The van der Waals surface area contributed by atoms with Crippen molar-refractivity contribution in [3.63, 3.8) is 0 Å². The molecule has 0 unspecified atom stereocenters. The highest BCUT2D eigenvalue weighted by Crippen LogP contribution is 2.07. The molecule has 56 valence electrons. The van der Waals surface area contributed by atoms with Crippen LogP contribution in [0.15, 0.2) is 47.5 Å². The topological polar surface area (TPSA) is 0 Å². The summed E-state index contributed by atoms with van der Waals surface area (Å²) < 4.78 is 0.890. The number of halogens is 1. The minimum Gasteiger partial charge on any atom is -0.0847 e. The second-order valence-electron chi connectivity index (χ2n) is 2.19. The molecule has 0 heterocycles. The molecule has 1 aromatic carbocycles. The molecular weight excluding hydrogens is 200 g/mol. The molecule has 0 aliphatic heterocycles. The van der Waals surface area contributed by atoms with Gasteiger partial charge in [-0.05, 0) is 11.6 Å². The normalized spacial score (nSPS) is 10.3. The van der Waals surface area contributed by atoms with E-state index in [1.807, 2.05) is 42.5 Å². The Balaban J connectivity index is 2.72. The Morgan fingerprint density at radius 3 is 2.45 bits per heavy atom. The first kappa shape index (κ1) is 8.28. The fourth-order valence-electron chi connectivity index (χ4n) is 0.751. The maximum absolute atomic E-state index is 3.70. The van der Waals surface area contributed by atoms with Gasteiger partial charge in [-0.1, -0.05) is 58.9 Å². The van der Waals surface area contributed by atoms with Crippen molar-refractivity contribution in [3.05, 3.63) is 53.0 Å². The van der Waals surface area contributed by atoms with E-state index < -0.39 is 0 Å². The van der Waals surface area contributed by atoms with Crippen molar-refractivity contribution in [1.29, 1.82) is 0 Å². The summed E-state index contributed by atoms with van der Waals surface area (Å²) in [6, 6.07) is 10.1. The summed E-state index contributed by atoms with van der Waals surface area (Å²) in [4.78, 5) is 0. The van der Waals surface area contributed by atoms with Crippen LogP contribution in [0.3, 0.4) is 0 Å². The van der Waals surface area contributed by atoms with Crippen LogP contribution in [0, 0.1) is 0 Å². The Hall–Kier alpha value is -0.820. The Morgan fingerprint density at radius 1 is 1.27 bits per heavy atom. The maximum Gasteiger partial charge on any atom is 0.0103 e. The van der Waals surface area contributed by atoms with E-state index in [1.54, 1.807) is 0 Å². The minimum absolute atomic E-state index is 0.890. The molecule has 0 saturated carbocycles. The molecule has 0 aromatic heterocycles. The summed E-state index contributed by atoms with van der Waals surface area (Å²) in [5.41, 5.74) is 1.19. The van der Waals surface area contributed by atoms with Crippen LogP contribution in [-0.4, -0.2) is 0 Å². The lowest BCUT2D eigenvalue weighted by Gasteiger charge is -1.89. The van der Waals surface area contributed by atoms with Crippen LogP contribution in [0.4, 0.5) is 0 Å². The second-order valence-corrected chi connectivity index (χ2v) is 3.21. The van der Waals surface area contributed by atoms with Gasteiger partial charge in [-0.15, -0.1) is 0 Å². The van der Waals surface area contributed by atoms with Gasteiger partial charge in [0, 0.05) is 4.48 Å². The number of hydrogen-bond acceptors (Lipinski definition) is 0. The van der Waals surface area contributed by atoms with Crippen molar-refractivity contribution in [2.24, 2.45) is 0 Å². The first-order valence-electron chi connectivity index (χ1n) is 3.36. The zero-order valence-electron chi connectivity index (χ0n) is 6.13. The van der Waals surface area contributed by atoms with E-state index in [0.29, 0.717) is 0 Å². The molecule has 0 spiro atoms. The van der Waals surface area contributed by atoms with E-state index in [0.717, 1.165) is 4.48 Å². The van der Waals surface area contributed by atoms with Gasteiger partial charge in [-0.2, -0.15) is 0 Å². The van der Waals surface area contributed by atoms with Gasteiger partial charge in [0.2, 0.25) is 0 Å². The average Bonchev–Trinajstić information content (AvgIpc) is 2.03. The molecule has 0 N–H and O–H groups in total. The van der Waals surface area contributed by atoms with E-state index in [2.05, 4.69) is 22.5 Å². The molecule has 0 bridgehead atoms. The van der Waals surface area contributed by atoms with Crippen LogP contribution in [-0.2, 0) is 0 Å². The zero-order chi connectivity index (χ0) is 8.10. The lowest BCUT2D eigenvalue weighted by molar-refractivity contribution is 1.66. The fourth-order valence-corrected chi connectivity index (χ4v) is 0.883. The summed E-state index contributed by atoms with van der Waals surface area (Å²) >= 11 is 3.25. The smallest absolute Gasteiger partial charge is 0.0103 e. The third-order valence-corrected chi connectivity index (χ3v) is 1.52. The van der Waals surface area contributed by atoms with E-state index in [-0.39, 0.29) is 0 Å². The predicted molar refractivity (Wildman–Crippen MR) is 53.5 cm³/mol. The zero-order valence-corrected chi connectivity index (χ0v) is 7.71. The lowest BCUT2D eigenvalue weighted by atomic mass is 10.2. The minimum atomic E-state index is 0.890. The van der Waals surface area contributed by atoms with Gasteiger partial charge in [-0.25, -0.2) is 0 Å². The quantitative estimate of drug-likeness (QED) is 0.652. The van der Waals surface area contributed by atoms with E-state index in [4.69, 9.17) is 0 Å². The number of benzene rings is 1. The maximum atomic E-state index is 3.70. The van der Waals surface area contributed by atoms with Crippen molar-refractivity contribution in [2.75, 3.05) is 0 Å². The molecule has 0 radical (unpaired) electrons. The Labute approximate surface area is 75.4 Å². The van der Waals surface area contributed by atoms with E-state index >= 15 is 0 Å². The van der Waals surface area contributed by atoms with E-state index in [1.165, 1.54) is 5.56 Å². The fraction of sp³-hybridized carbons (Fsp3) is 0. The Bertz CT molecular complexity index is 259. The van der Waals surface area contributed by atoms with Crippen LogP contribution in [0.5, 0.6) is 0 Å². The van der Waals surface area contributed by atoms with Crippen LogP contribution in [0.25, 0.3) is 6.08 Å². The van der Waals surface area contributed by atoms with E-state index in [9.17, 15) is 0 Å². The highest BCUT2D eigenvalue weighted by molar-refractivity contribution is 9.11. The molecule has 1 rings (SSSR count). The summed E-state index contributed by atoms with van der Waals surface area (Å²) in [7, 11) is 0. The molecule has 0 aliphatic rings.